The van der Waals surface area contributed by atoms with Crippen molar-refractivity contribution < 1.29 is 9.18 Å². The molecule has 90 valence electrons. The normalized spacial score (nSPS) is 19.7. The highest BCUT2D eigenvalue weighted by Crippen LogP contribution is 2.30. The Kier molecular flexibility index (Phi) is 3.02. The van der Waals surface area contributed by atoms with Crippen molar-refractivity contribution in [2.75, 3.05) is 6.54 Å². The number of aliphatic imine (C=N–C) groups is 1. The average molecular weight is 256 g/mol. The van der Waals surface area contributed by atoms with Gasteiger partial charge in [-0.2, -0.15) is 4.99 Å². The first-order chi connectivity index (χ1) is 8.04. The molecule has 0 aliphatic carbocycles. The summed E-state index contributed by atoms with van der Waals surface area (Å²) in [7, 11) is 0. The van der Waals surface area contributed by atoms with Crippen molar-refractivity contribution in [3.8, 4) is 0 Å². The van der Waals surface area contributed by atoms with E-state index in [1.165, 1.54) is 23.1 Å². The van der Waals surface area contributed by atoms with E-state index < -0.39 is 17.9 Å². The molecule has 0 saturated carbocycles. The van der Waals surface area contributed by atoms with Gasteiger partial charge in [-0.3, -0.25) is 0 Å². The van der Waals surface area contributed by atoms with Crippen molar-refractivity contribution in [3.05, 3.63) is 34.6 Å². The largest absolute Gasteiger partial charge is 0.385 e. The summed E-state index contributed by atoms with van der Waals surface area (Å²) < 4.78 is 13.7. The molecule has 0 aromatic heterocycles. The second-order valence-electron chi connectivity index (χ2n) is 3.67. The zero-order valence-electron chi connectivity index (χ0n) is 9.15. The maximum absolute atomic E-state index is 13.7. The first-order valence-electron chi connectivity index (χ1n) is 5.14. The molecule has 1 unspecified atom stereocenters. The molecule has 4 nitrogen and oxygen atoms in total. The lowest BCUT2D eigenvalue weighted by Gasteiger charge is -2.23. The minimum Gasteiger partial charge on any atom is -0.385 e. The molecule has 0 spiro atoms. The van der Waals surface area contributed by atoms with E-state index in [2.05, 4.69) is 4.99 Å². The molecule has 2 N–H and O–H groups in total. The number of urea groups is 1. The SMILES string of the molecule is CCN1C(=O)N=C(N)C1c1cc(Cl)ccc1F. The van der Waals surface area contributed by atoms with Crippen LogP contribution in [0.2, 0.25) is 5.02 Å². The van der Waals surface area contributed by atoms with E-state index >= 15 is 0 Å². The maximum atomic E-state index is 13.7. The van der Waals surface area contributed by atoms with E-state index in [9.17, 15) is 9.18 Å². The van der Waals surface area contributed by atoms with Crippen LogP contribution in [0.4, 0.5) is 9.18 Å². The van der Waals surface area contributed by atoms with Gasteiger partial charge >= 0.3 is 6.03 Å². The fourth-order valence-electron chi connectivity index (χ4n) is 1.88. The molecule has 1 heterocycles. The molecule has 2 amide bonds. The number of carbonyl (C=O) groups excluding carboxylic acids is 1. The molecule has 6 heteroatoms. The van der Waals surface area contributed by atoms with Crippen LogP contribution in [0.25, 0.3) is 0 Å². The van der Waals surface area contributed by atoms with Crippen LogP contribution in [0.3, 0.4) is 0 Å². The molecule has 0 fully saturated rings. The average Bonchev–Trinajstić information content (AvgIpc) is 2.56. The molecular weight excluding hydrogens is 245 g/mol. The second kappa shape index (κ2) is 4.33. The van der Waals surface area contributed by atoms with Crippen LogP contribution >= 0.6 is 11.6 Å². The molecule has 2 rings (SSSR count). The molecule has 1 aliphatic rings. The number of hydrogen-bond acceptors (Lipinski definition) is 2. The highest BCUT2D eigenvalue weighted by Gasteiger charge is 2.35. The van der Waals surface area contributed by atoms with Gasteiger partial charge in [0.2, 0.25) is 0 Å². The zero-order valence-corrected chi connectivity index (χ0v) is 9.91. The fourth-order valence-corrected chi connectivity index (χ4v) is 2.06. The number of likely N-dealkylation sites (N-methyl/N-ethyl adjacent to an activating group) is 1. The van der Waals surface area contributed by atoms with Gasteiger partial charge in [0, 0.05) is 17.1 Å². The molecular formula is C11H11ClFN3O. The van der Waals surface area contributed by atoms with Crippen molar-refractivity contribution in [3.63, 3.8) is 0 Å². The van der Waals surface area contributed by atoms with Crippen LogP contribution in [0.5, 0.6) is 0 Å². The maximum Gasteiger partial charge on any atom is 0.346 e. The molecule has 1 aromatic rings. The monoisotopic (exact) mass is 255 g/mol. The van der Waals surface area contributed by atoms with Gasteiger partial charge < -0.3 is 10.6 Å². The Balaban J connectivity index is 2.48. The lowest BCUT2D eigenvalue weighted by atomic mass is 10.0. The Bertz CT molecular complexity index is 503. The minimum absolute atomic E-state index is 0.0954. The van der Waals surface area contributed by atoms with Crippen molar-refractivity contribution in [1.82, 2.24) is 4.90 Å². The van der Waals surface area contributed by atoms with Gasteiger partial charge in [-0.05, 0) is 25.1 Å². The summed E-state index contributed by atoms with van der Waals surface area (Å²) in [5, 5.41) is 0.393. The summed E-state index contributed by atoms with van der Waals surface area (Å²) in [6.45, 7) is 2.18. The number of carbonyl (C=O) groups is 1. The molecule has 1 aliphatic heterocycles. The number of amidine groups is 1. The third-order valence-corrected chi connectivity index (χ3v) is 2.89. The Morgan fingerprint density at radius 1 is 1.59 bits per heavy atom. The van der Waals surface area contributed by atoms with E-state index in [0.717, 1.165) is 0 Å². The number of amides is 2. The quantitative estimate of drug-likeness (QED) is 0.882. The number of nitrogens with zero attached hydrogens (tertiary/aromatic N) is 2. The van der Waals surface area contributed by atoms with Crippen molar-refractivity contribution in [2.45, 2.75) is 13.0 Å². The van der Waals surface area contributed by atoms with Gasteiger partial charge in [-0.25, -0.2) is 9.18 Å². The number of benzene rings is 1. The van der Waals surface area contributed by atoms with Gasteiger partial charge in [0.05, 0.1) is 0 Å². The van der Waals surface area contributed by atoms with Gasteiger partial charge in [0.25, 0.3) is 0 Å². The van der Waals surface area contributed by atoms with E-state index in [1.54, 1.807) is 6.92 Å². The van der Waals surface area contributed by atoms with Crippen molar-refractivity contribution >= 4 is 23.5 Å². The molecule has 0 bridgehead atoms. The first kappa shape index (κ1) is 11.9. The highest BCUT2D eigenvalue weighted by atomic mass is 35.5. The molecule has 17 heavy (non-hydrogen) atoms. The lowest BCUT2D eigenvalue weighted by Crippen LogP contribution is -2.33. The zero-order chi connectivity index (χ0) is 12.6. The van der Waals surface area contributed by atoms with Crippen LogP contribution in [-0.4, -0.2) is 23.3 Å². The number of hydrogen-bond donors (Lipinski definition) is 1. The van der Waals surface area contributed by atoms with Gasteiger partial charge in [-0.1, -0.05) is 11.6 Å². The van der Waals surface area contributed by atoms with Crippen LogP contribution in [0.15, 0.2) is 23.2 Å². The van der Waals surface area contributed by atoms with Gasteiger partial charge in [-0.15, -0.1) is 0 Å². The standard InChI is InChI=1S/C11H11ClFN3O/c1-2-16-9(10(14)15-11(16)17)7-5-6(12)3-4-8(7)13/h3-5,9H,2H2,1H3,(H2,14,15,17). The Labute approximate surface area is 103 Å². The number of rotatable bonds is 2. The second-order valence-corrected chi connectivity index (χ2v) is 4.11. The predicted molar refractivity (Wildman–Crippen MR) is 63.5 cm³/mol. The lowest BCUT2D eigenvalue weighted by molar-refractivity contribution is 0.209. The van der Waals surface area contributed by atoms with Crippen LogP contribution in [0, 0.1) is 5.82 Å². The van der Waals surface area contributed by atoms with E-state index in [1.807, 2.05) is 0 Å². The van der Waals surface area contributed by atoms with Crippen LogP contribution in [-0.2, 0) is 0 Å². The summed E-state index contributed by atoms with van der Waals surface area (Å²) >= 11 is 5.82. The molecule has 0 radical (unpaired) electrons. The summed E-state index contributed by atoms with van der Waals surface area (Å²) in [5.74, 6) is -0.358. The smallest absolute Gasteiger partial charge is 0.346 e. The number of nitrogens with two attached hydrogens (primary N) is 1. The third kappa shape index (κ3) is 1.98. The molecule has 1 aromatic carbocycles. The highest BCUT2D eigenvalue weighted by molar-refractivity contribution is 6.30. The van der Waals surface area contributed by atoms with Gasteiger partial charge in [0.15, 0.2) is 0 Å². The Hall–Kier alpha value is -1.62. The molecule has 0 saturated heterocycles. The van der Waals surface area contributed by atoms with Crippen LogP contribution in [0.1, 0.15) is 18.5 Å². The molecule has 1 atom stereocenters. The van der Waals surface area contributed by atoms with Crippen molar-refractivity contribution in [1.29, 1.82) is 0 Å². The van der Waals surface area contributed by atoms with Crippen molar-refractivity contribution in [2.24, 2.45) is 10.7 Å². The number of halogens is 2. The summed E-state index contributed by atoms with van der Waals surface area (Å²) in [5.41, 5.74) is 5.93. The van der Waals surface area contributed by atoms with Gasteiger partial charge in [0.1, 0.15) is 17.7 Å². The first-order valence-corrected chi connectivity index (χ1v) is 5.52. The summed E-state index contributed by atoms with van der Waals surface area (Å²) in [6, 6.07) is 3.05. The minimum atomic E-state index is -0.661. The van der Waals surface area contributed by atoms with Crippen LogP contribution < -0.4 is 5.73 Å². The fraction of sp³-hybridized carbons (Fsp3) is 0.273. The van der Waals surface area contributed by atoms with E-state index in [-0.39, 0.29) is 11.4 Å². The Morgan fingerprint density at radius 2 is 2.29 bits per heavy atom. The Morgan fingerprint density at radius 3 is 2.94 bits per heavy atom. The van der Waals surface area contributed by atoms with E-state index in [4.69, 9.17) is 17.3 Å². The topological polar surface area (TPSA) is 58.7 Å². The summed E-state index contributed by atoms with van der Waals surface area (Å²) in [6.07, 6.45) is 0. The summed E-state index contributed by atoms with van der Waals surface area (Å²) in [4.78, 5) is 16.5. The predicted octanol–water partition coefficient (Wildman–Crippen LogP) is 2.33. The van der Waals surface area contributed by atoms with E-state index in [0.29, 0.717) is 11.6 Å². The third-order valence-electron chi connectivity index (χ3n) is 2.66.